The number of hydrogen-bond acceptors (Lipinski definition) is 4. The molecular formula is C6H7NO4. The number of aliphatic imine (C=N–C) groups is 1. The van der Waals surface area contributed by atoms with E-state index in [1.165, 1.54) is 0 Å². The lowest BCUT2D eigenvalue weighted by Crippen LogP contribution is -2.17. The molecule has 0 aliphatic rings. The van der Waals surface area contributed by atoms with Crippen LogP contribution < -0.4 is 0 Å². The van der Waals surface area contributed by atoms with Crippen LogP contribution in [0.2, 0.25) is 0 Å². The normalized spacial score (nSPS) is 11.3. The Morgan fingerprint density at radius 2 is 2.36 bits per heavy atom. The molecule has 0 aliphatic carbocycles. The van der Waals surface area contributed by atoms with Crippen LogP contribution >= 0.6 is 0 Å². The molecule has 0 spiro atoms. The molecule has 0 unspecified atom stereocenters. The predicted molar refractivity (Wildman–Crippen MR) is 34.8 cm³/mol. The number of aliphatic carboxylic acids is 1. The van der Waals surface area contributed by atoms with E-state index in [-0.39, 0.29) is 12.8 Å². The molecule has 1 N–H and O–H groups in total. The SMILES string of the molecule is O=C=N[C@@H](CCC=O)C(=O)O. The Labute approximate surface area is 62.7 Å². The summed E-state index contributed by atoms with van der Waals surface area (Å²) in [6, 6.07) is -1.13. The highest BCUT2D eigenvalue weighted by Crippen LogP contribution is 1.99. The number of aldehydes is 1. The number of nitrogens with zero attached hydrogens (tertiary/aromatic N) is 1. The highest BCUT2D eigenvalue weighted by atomic mass is 16.4. The van der Waals surface area contributed by atoms with Crippen molar-refractivity contribution < 1.29 is 19.5 Å². The summed E-state index contributed by atoms with van der Waals surface area (Å²) in [6.07, 6.45) is 1.85. The minimum atomic E-state index is -1.21. The van der Waals surface area contributed by atoms with Crippen LogP contribution in [-0.4, -0.2) is 29.5 Å². The molecular weight excluding hydrogens is 150 g/mol. The van der Waals surface area contributed by atoms with Crippen molar-refractivity contribution in [2.45, 2.75) is 18.9 Å². The number of carbonyl (C=O) groups excluding carboxylic acids is 2. The molecule has 0 radical (unpaired) electrons. The summed E-state index contributed by atoms with van der Waals surface area (Å²) in [7, 11) is 0. The van der Waals surface area contributed by atoms with Crippen molar-refractivity contribution in [3.05, 3.63) is 0 Å². The average molecular weight is 157 g/mol. The molecule has 0 aromatic rings. The summed E-state index contributed by atoms with van der Waals surface area (Å²) in [4.78, 5) is 32.6. The fourth-order valence-electron chi connectivity index (χ4n) is 0.533. The van der Waals surface area contributed by atoms with Crippen LogP contribution in [0.25, 0.3) is 0 Å². The van der Waals surface area contributed by atoms with Gasteiger partial charge in [-0.05, 0) is 6.42 Å². The number of carboxylic acid groups (broad SMARTS) is 1. The topological polar surface area (TPSA) is 83.8 Å². The van der Waals surface area contributed by atoms with Gasteiger partial charge in [-0.25, -0.2) is 9.59 Å². The number of rotatable bonds is 5. The summed E-state index contributed by atoms with van der Waals surface area (Å²) in [5, 5.41) is 8.34. The van der Waals surface area contributed by atoms with E-state index in [0.717, 1.165) is 6.08 Å². The molecule has 1 atom stereocenters. The van der Waals surface area contributed by atoms with Crippen LogP contribution in [0, 0.1) is 0 Å². The number of carbonyl (C=O) groups is 2. The fourth-order valence-corrected chi connectivity index (χ4v) is 0.533. The molecule has 0 aromatic carbocycles. The van der Waals surface area contributed by atoms with Gasteiger partial charge >= 0.3 is 5.97 Å². The molecule has 0 aliphatic heterocycles. The minimum Gasteiger partial charge on any atom is -0.480 e. The van der Waals surface area contributed by atoms with Gasteiger partial charge in [0.1, 0.15) is 6.29 Å². The third kappa shape index (κ3) is 4.00. The van der Waals surface area contributed by atoms with Crippen molar-refractivity contribution >= 4 is 18.3 Å². The van der Waals surface area contributed by atoms with Gasteiger partial charge in [0, 0.05) is 6.42 Å². The molecule has 0 fully saturated rings. The summed E-state index contributed by atoms with van der Waals surface area (Å²) >= 11 is 0. The van der Waals surface area contributed by atoms with Crippen LogP contribution in [0.5, 0.6) is 0 Å². The molecule has 0 bridgehead atoms. The lowest BCUT2D eigenvalue weighted by molar-refractivity contribution is -0.138. The largest absolute Gasteiger partial charge is 0.480 e. The second-order valence-corrected chi connectivity index (χ2v) is 1.82. The molecule has 0 saturated heterocycles. The Morgan fingerprint density at radius 3 is 2.73 bits per heavy atom. The Kier molecular flexibility index (Phi) is 4.60. The maximum atomic E-state index is 10.2. The fraction of sp³-hybridized carbons (Fsp3) is 0.500. The highest BCUT2D eigenvalue weighted by Gasteiger charge is 2.14. The van der Waals surface area contributed by atoms with Gasteiger partial charge < -0.3 is 9.90 Å². The third-order valence-corrected chi connectivity index (χ3v) is 1.05. The van der Waals surface area contributed by atoms with Crippen molar-refractivity contribution in [2.75, 3.05) is 0 Å². The molecule has 0 aromatic heterocycles. The second kappa shape index (κ2) is 5.32. The van der Waals surface area contributed by atoms with E-state index in [2.05, 4.69) is 4.99 Å². The average Bonchev–Trinajstić information content (AvgIpc) is 1.97. The second-order valence-electron chi connectivity index (χ2n) is 1.82. The number of hydrogen-bond donors (Lipinski definition) is 1. The summed E-state index contributed by atoms with van der Waals surface area (Å²) in [5.74, 6) is -1.21. The van der Waals surface area contributed by atoms with E-state index in [1.54, 1.807) is 0 Å². The maximum Gasteiger partial charge on any atom is 0.329 e. The molecule has 11 heavy (non-hydrogen) atoms. The van der Waals surface area contributed by atoms with Gasteiger partial charge in [-0.2, -0.15) is 4.99 Å². The minimum absolute atomic E-state index is 0.0497. The number of carboxylic acids is 1. The van der Waals surface area contributed by atoms with E-state index in [4.69, 9.17) is 5.11 Å². The van der Waals surface area contributed by atoms with Crippen LogP contribution in [0.1, 0.15) is 12.8 Å². The zero-order valence-corrected chi connectivity index (χ0v) is 5.69. The van der Waals surface area contributed by atoms with Crippen molar-refractivity contribution in [3.8, 4) is 0 Å². The van der Waals surface area contributed by atoms with E-state index in [0.29, 0.717) is 6.29 Å². The van der Waals surface area contributed by atoms with Crippen LogP contribution in [0.4, 0.5) is 0 Å². The first-order valence-electron chi connectivity index (χ1n) is 2.95. The van der Waals surface area contributed by atoms with Gasteiger partial charge in [-0.1, -0.05) is 0 Å². The zero-order valence-electron chi connectivity index (χ0n) is 5.69. The molecule has 5 nitrogen and oxygen atoms in total. The standard InChI is InChI=1S/C6H7NO4/c8-3-1-2-5(6(10)11)7-4-9/h3,5H,1-2H2,(H,10,11)/t5-/m0/s1. The first-order chi connectivity index (χ1) is 5.22. The maximum absolute atomic E-state index is 10.2. The van der Waals surface area contributed by atoms with Crippen molar-refractivity contribution in [1.29, 1.82) is 0 Å². The Bertz CT molecular complexity index is 193. The molecule has 0 rings (SSSR count). The van der Waals surface area contributed by atoms with Crippen molar-refractivity contribution in [3.63, 3.8) is 0 Å². The lowest BCUT2D eigenvalue weighted by atomic mass is 10.2. The Balaban J connectivity index is 3.99. The molecule has 0 saturated carbocycles. The third-order valence-electron chi connectivity index (χ3n) is 1.05. The van der Waals surface area contributed by atoms with Gasteiger partial charge in [-0.3, -0.25) is 0 Å². The van der Waals surface area contributed by atoms with Gasteiger partial charge in [0.25, 0.3) is 0 Å². The van der Waals surface area contributed by atoms with Gasteiger partial charge in [0.05, 0.1) is 0 Å². The van der Waals surface area contributed by atoms with Crippen LogP contribution in [0.3, 0.4) is 0 Å². The van der Waals surface area contributed by atoms with E-state index in [1.807, 2.05) is 0 Å². The molecule has 0 amide bonds. The van der Waals surface area contributed by atoms with Crippen LogP contribution in [0.15, 0.2) is 4.99 Å². The van der Waals surface area contributed by atoms with E-state index < -0.39 is 12.0 Å². The smallest absolute Gasteiger partial charge is 0.329 e. The van der Waals surface area contributed by atoms with E-state index in [9.17, 15) is 14.4 Å². The molecule has 60 valence electrons. The molecule has 5 heteroatoms. The monoisotopic (exact) mass is 157 g/mol. The quantitative estimate of drug-likeness (QED) is 0.339. The first-order valence-corrected chi connectivity index (χ1v) is 2.95. The Hall–Kier alpha value is -1.48. The van der Waals surface area contributed by atoms with Gasteiger partial charge in [-0.15, -0.1) is 0 Å². The van der Waals surface area contributed by atoms with Crippen molar-refractivity contribution in [1.82, 2.24) is 0 Å². The van der Waals surface area contributed by atoms with Gasteiger partial charge in [0.2, 0.25) is 6.08 Å². The summed E-state index contributed by atoms with van der Waals surface area (Å²) in [5.41, 5.74) is 0. The lowest BCUT2D eigenvalue weighted by Gasteiger charge is -1.99. The highest BCUT2D eigenvalue weighted by molar-refractivity contribution is 5.75. The zero-order chi connectivity index (χ0) is 8.69. The summed E-state index contributed by atoms with van der Waals surface area (Å²) in [6.45, 7) is 0. The predicted octanol–water partition coefficient (Wildman–Crippen LogP) is -0.245. The number of isocyanates is 1. The van der Waals surface area contributed by atoms with E-state index >= 15 is 0 Å². The van der Waals surface area contributed by atoms with Gasteiger partial charge in [0.15, 0.2) is 6.04 Å². The van der Waals surface area contributed by atoms with Crippen LogP contribution in [-0.2, 0) is 14.4 Å². The summed E-state index contributed by atoms with van der Waals surface area (Å²) < 4.78 is 0. The first kappa shape index (κ1) is 9.52. The Morgan fingerprint density at radius 1 is 1.73 bits per heavy atom. The molecule has 0 heterocycles. The van der Waals surface area contributed by atoms with Crippen molar-refractivity contribution in [2.24, 2.45) is 4.99 Å².